The predicted octanol–water partition coefficient (Wildman–Crippen LogP) is 1.55. The van der Waals surface area contributed by atoms with Gasteiger partial charge in [-0.1, -0.05) is 0 Å². The highest BCUT2D eigenvalue weighted by Gasteiger charge is 2.17. The first-order valence-corrected chi connectivity index (χ1v) is 6.39. The van der Waals surface area contributed by atoms with Gasteiger partial charge in [-0.25, -0.2) is 4.79 Å². The summed E-state index contributed by atoms with van der Waals surface area (Å²) >= 11 is 0. The summed E-state index contributed by atoms with van der Waals surface area (Å²) in [6.45, 7) is 5.23. The van der Waals surface area contributed by atoms with Gasteiger partial charge in [0.15, 0.2) is 5.82 Å². The van der Waals surface area contributed by atoms with E-state index in [2.05, 4.69) is 20.4 Å². The van der Waals surface area contributed by atoms with Crippen molar-refractivity contribution >= 4 is 11.8 Å². The van der Waals surface area contributed by atoms with Crippen LogP contribution in [-0.2, 0) is 0 Å². The number of aryl methyl sites for hydroxylation is 1. The Morgan fingerprint density at radius 1 is 1.26 bits per heavy atom. The standard InChI is InChI=1S/C13H22N4O2/c1-9-10(2)15-16-12(11(9)13(18)19)14-7-5-6-8-17(3)4/h5-8H2,1-4H3,(H,14,16)(H,18,19). The van der Waals surface area contributed by atoms with E-state index < -0.39 is 5.97 Å². The van der Waals surface area contributed by atoms with Gasteiger partial charge in [0.1, 0.15) is 5.56 Å². The van der Waals surface area contributed by atoms with Crippen LogP contribution >= 0.6 is 0 Å². The number of nitrogens with zero attached hydrogens (tertiary/aromatic N) is 3. The van der Waals surface area contributed by atoms with Gasteiger partial charge in [0.05, 0.1) is 5.69 Å². The lowest BCUT2D eigenvalue weighted by Crippen LogP contribution is -2.16. The zero-order valence-electron chi connectivity index (χ0n) is 12.0. The third kappa shape index (κ3) is 4.48. The maximum atomic E-state index is 11.3. The molecule has 0 atom stereocenters. The number of carboxylic acid groups (broad SMARTS) is 1. The second-order valence-corrected chi connectivity index (χ2v) is 4.88. The van der Waals surface area contributed by atoms with E-state index in [1.54, 1.807) is 13.8 Å². The monoisotopic (exact) mass is 266 g/mol. The van der Waals surface area contributed by atoms with Crippen molar-refractivity contribution < 1.29 is 9.90 Å². The Labute approximate surface area is 113 Å². The van der Waals surface area contributed by atoms with Crippen LogP contribution in [0.25, 0.3) is 0 Å². The summed E-state index contributed by atoms with van der Waals surface area (Å²) in [4.78, 5) is 13.4. The summed E-state index contributed by atoms with van der Waals surface area (Å²) in [6.07, 6.45) is 2.02. The molecule has 1 rings (SSSR count). The molecule has 19 heavy (non-hydrogen) atoms. The number of rotatable bonds is 7. The van der Waals surface area contributed by atoms with Crippen LogP contribution in [0.1, 0.15) is 34.5 Å². The molecule has 2 N–H and O–H groups in total. The van der Waals surface area contributed by atoms with Crippen LogP contribution in [0.2, 0.25) is 0 Å². The van der Waals surface area contributed by atoms with Crippen molar-refractivity contribution in [2.24, 2.45) is 0 Å². The maximum absolute atomic E-state index is 11.3. The maximum Gasteiger partial charge on any atom is 0.339 e. The number of hydrogen-bond donors (Lipinski definition) is 2. The van der Waals surface area contributed by atoms with Crippen molar-refractivity contribution in [3.05, 3.63) is 16.8 Å². The van der Waals surface area contributed by atoms with Gasteiger partial charge in [-0.15, -0.1) is 5.10 Å². The minimum absolute atomic E-state index is 0.222. The first-order valence-electron chi connectivity index (χ1n) is 6.39. The average Bonchev–Trinajstić information content (AvgIpc) is 2.32. The van der Waals surface area contributed by atoms with Gasteiger partial charge in [0, 0.05) is 6.54 Å². The van der Waals surface area contributed by atoms with E-state index in [1.165, 1.54) is 0 Å². The van der Waals surface area contributed by atoms with E-state index in [-0.39, 0.29) is 5.56 Å². The first-order chi connectivity index (χ1) is 8.93. The summed E-state index contributed by atoms with van der Waals surface area (Å²) in [5.74, 6) is -0.605. The Hall–Kier alpha value is -1.69. The number of aromatic nitrogens is 2. The van der Waals surface area contributed by atoms with Crippen molar-refractivity contribution in [1.29, 1.82) is 0 Å². The SMILES string of the molecule is Cc1nnc(NCCCCN(C)C)c(C(=O)O)c1C. The minimum Gasteiger partial charge on any atom is -0.478 e. The summed E-state index contributed by atoms with van der Waals surface area (Å²) in [7, 11) is 4.07. The predicted molar refractivity (Wildman–Crippen MR) is 74.7 cm³/mol. The Balaban J connectivity index is 2.63. The smallest absolute Gasteiger partial charge is 0.339 e. The average molecular weight is 266 g/mol. The van der Waals surface area contributed by atoms with Crippen LogP contribution < -0.4 is 5.32 Å². The lowest BCUT2D eigenvalue weighted by molar-refractivity contribution is 0.0696. The molecule has 0 aliphatic rings. The van der Waals surface area contributed by atoms with Crippen molar-refractivity contribution in [2.45, 2.75) is 26.7 Å². The van der Waals surface area contributed by atoms with Crippen LogP contribution in [0, 0.1) is 13.8 Å². The topological polar surface area (TPSA) is 78.4 Å². The number of carboxylic acids is 1. The van der Waals surface area contributed by atoms with Gasteiger partial charge in [0.2, 0.25) is 0 Å². The van der Waals surface area contributed by atoms with E-state index in [9.17, 15) is 9.90 Å². The zero-order chi connectivity index (χ0) is 14.4. The molecule has 1 aromatic rings. The largest absolute Gasteiger partial charge is 0.478 e. The molecule has 0 bridgehead atoms. The van der Waals surface area contributed by atoms with E-state index >= 15 is 0 Å². The van der Waals surface area contributed by atoms with Crippen molar-refractivity contribution in [3.8, 4) is 0 Å². The molecule has 0 saturated carbocycles. The number of hydrogen-bond acceptors (Lipinski definition) is 5. The molecule has 106 valence electrons. The fourth-order valence-electron chi connectivity index (χ4n) is 1.75. The quantitative estimate of drug-likeness (QED) is 0.729. The zero-order valence-corrected chi connectivity index (χ0v) is 12.0. The van der Waals surface area contributed by atoms with Crippen molar-refractivity contribution in [2.75, 3.05) is 32.5 Å². The highest BCUT2D eigenvalue weighted by molar-refractivity contribution is 5.94. The van der Waals surface area contributed by atoms with Gasteiger partial charge in [-0.2, -0.15) is 5.10 Å². The Bertz CT molecular complexity index is 447. The fourth-order valence-corrected chi connectivity index (χ4v) is 1.75. The molecule has 0 aromatic carbocycles. The Morgan fingerprint density at radius 2 is 1.95 bits per heavy atom. The molecule has 0 spiro atoms. The van der Waals surface area contributed by atoms with Crippen LogP contribution in [0.3, 0.4) is 0 Å². The highest BCUT2D eigenvalue weighted by atomic mass is 16.4. The number of unbranched alkanes of at least 4 members (excludes halogenated alkanes) is 1. The molecule has 6 heteroatoms. The molecule has 0 aliphatic carbocycles. The number of aromatic carboxylic acids is 1. The third-order valence-electron chi connectivity index (χ3n) is 2.99. The summed E-state index contributed by atoms with van der Waals surface area (Å²) < 4.78 is 0. The molecular weight excluding hydrogens is 244 g/mol. The minimum atomic E-state index is -0.966. The third-order valence-corrected chi connectivity index (χ3v) is 2.99. The normalized spacial score (nSPS) is 10.8. The van der Waals surface area contributed by atoms with Gasteiger partial charge < -0.3 is 15.3 Å². The van der Waals surface area contributed by atoms with E-state index in [1.807, 2.05) is 14.1 Å². The van der Waals surface area contributed by atoms with E-state index in [0.29, 0.717) is 23.6 Å². The lowest BCUT2D eigenvalue weighted by atomic mass is 10.1. The van der Waals surface area contributed by atoms with Gasteiger partial charge >= 0.3 is 5.97 Å². The molecule has 0 unspecified atom stereocenters. The molecule has 1 heterocycles. The second kappa shape index (κ2) is 7.04. The van der Waals surface area contributed by atoms with Gasteiger partial charge in [-0.05, 0) is 52.9 Å². The van der Waals surface area contributed by atoms with Crippen LogP contribution in [0.5, 0.6) is 0 Å². The molecule has 1 aromatic heterocycles. The molecule has 6 nitrogen and oxygen atoms in total. The van der Waals surface area contributed by atoms with Crippen LogP contribution in [0.15, 0.2) is 0 Å². The lowest BCUT2D eigenvalue weighted by Gasteiger charge is -2.12. The molecule has 0 aliphatic heterocycles. The van der Waals surface area contributed by atoms with E-state index in [0.717, 1.165) is 19.4 Å². The number of nitrogens with one attached hydrogen (secondary N) is 1. The van der Waals surface area contributed by atoms with Gasteiger partial charge in [0.25, 0.3) is 0 Å². The Morgan fingerprint density at radius 3 is 2.53 bits per heavy atom. The number of anilines is 1. The van der Waals surface area contributed by atoms with Crippen molar-refractivity contribution in [1.82, 2.24) is 15.1 Å². The fraction of sp³-hybridized carbons (Fsp3) is 0.615. The summed E-state index contributed by atoms with van der Waals surface area (Å²) in [5, 5.41) is 20.2. The van der Waals surface area contributed by atoms with E-state index in [4.69, 9.17) is 0 Å². The molecule has 0 radical (unpaired) electrons. The highest BCUT2D eigenvalue weighted by Crippen LogP contribution is 2.18. The molecule has 0 amide bonds. The summed E-state index contributed by atoms with van der Waals surface area (Å²) in [6, 6.07) is 0. The molecule has 0 saturated heterocycles. The molecular formula is C13H22N4O2. The molecule has 0 fully saturated rings. The summed E-state index contributed by atoms with van der Waals surface area (Å²) in [5.41, 5.74) is 1.54. The van der Waals surface area contributed by atoms with Gasteiger partial charge in [-0.3, -0.25) is 0 Å². The van der Waals surface area contributed by atoms with Crippen LogP contribution in [0.4, 0.5) is 5.82 Å². The second-order valence-electron chi connectivity index (χ2n) is 4.88. The Kier molecular flexibility index (Phi) is 5.69. The van der Waals surface area contributed by atoms with Crippen molar-refractivity contribution in [3.63, 3.8) is 0 Å². The van der Waals surface area contributed by atoms with Crippen LogP contribution in [-0.4, -0.2) is 53.4 Å². The first kappa shape index (κ1) is 15.4. The number of carbonyl (C=O) groups is 1.